The number of benzene rings is 2. The molecule has 3 atom stereocenters. The van der Waals surface area contributed by atoms with Crippen molar-refractivity contribution in [3.05, 3.63) is 90.0 Å². The zero-order chi connectivity index (χ0) is 26.6. The first-order valence-electron chi connectivity index (χ1n) is 11.9. The largest absolute Gasteiger partial charge is 0.456 e. The molecule has 3 rings (SSSR count). The minimum absolute atomic E-state index is 0.176. The quantitative estimate of drug-likeness (QED) is 0.251. The van der Waals surface area contributed by atoms with Gasteiger partial charge in [0.2, 0.25) is 11.8 Å². The van der Waals surface area contributed by atoms with E-state index in [2.05, 4.69) is 20.6 Å². The minimum atomic E-state index is -0.987. The normalized spacial score (nSPS) is 13.1. The number of carbonyl (C=O) groups is 4. The number of aromatic amines is 1. The molecule has 194 valence electrons. The summed E-state index contributed by atoms with van der Waals surface area (Å²) < 4.78 is 5.17. The molecule has 0 radical (unpaired) electrons. The summed E-state index contributed by atoms with van der Waals surface area (Å²) in [6.07, 6.45) is 3.62. The molecular weight excluding hydrogens is 474 g/mol. The van der Waals surface area contributed by atoms with E-state index >= 15 is 0 Å². The second kappa shape index (κ2) is 13.7. The van der Waals surface area contributed by atoms with Crippen molar-refractivity contribution < 1.29 is 23.9 Å². The number of amides is 2. The Balaban J connectivity index is 1.68. The van der Waals surface area contributed by atoms with Crippen LogP contribution in [0.5, 0.6) is 0 Å². The fraction of sp³-hybridized carbons (Fsp3) is 0.296. The van der Waals surface area contributed by atoms with Crippen molar-refractivity contribution in [2.45, 2.75) is 44.3 Å². The Morgan fingerprint density at radius 2 is 1.49 bits per heavy atom. The van der Waals surface area contributed by atoms with Crippen LogP contribution >= 0.6 is 0 Å². The van der Waals surface area contributed by atoms with Gasteiger partial charge < -0.3 is 26.1 Å². The molecule has 0 aliphatic rings. The highest BCUT2D eigenvalue weighted by atomic mass is 16.5. The molecule has 10 nitrogen and oxygen atoms in total. The standard InChI is InChI=1S/C27H31N5O5/c1-18(33)31-24(13-20-10-6-3-7-11-20)26(35)32-23(12-19-8-4-2-5-9-19)25(34)16-37-27(36)22(28)14-21-15-29-17-30-21/h2-11,15,17,22-24H,12-14,16,28H2,1H3,(H,29,30)(H,31,33)(H,32,35)/t22-,23-,24-/m0/s1. The summed E-state index contributed by atoms with van der Waals surface area (Å²) in [7, 11) is 0. The molecule has 0 saturated heterocycles. The third kappa shape index (κ3) is 9.01. The van der Waals surface area contributed by atoms with Crippen LogP contribution in [0.3, 0.4) is 0 Å². The first kappa shape index (κ1) is 27.3. The molecule has 0 spiro atoms. The second-order valence-electron chi connectivity index (χ2n) is 8.66. The molecule has 3 aromatic rings. The molecule has 0 bridgehead atoms. The van der Waals surface area contributed by atoms with Gasteiger partial charge in [0.05, 0.1) is 12.4 Å². The van der Waals surface area contributed by atoms with Gasteiger partial charge in [-0.2, -0.15) is 0 Å². The highest BCUT2D eigenvalue weighted by Crippen LogP contribution is 2.08. The number of ether oxygens (including phenoxy) is 1. The maximum atomic E-state index is 13.2. The summed E-state index contributed by atoms with van der Waals surface area (Å²) in [5.41, 5.74) is 8.21. The Kier molecular flexibility index (Phi) is 10.1. The Hall–Kier alpha value is -4.31. The lowest BCUT2D eigenvalue weighted by Gasteiger charge is -2.23. The van der Waals surface area contributed by atoms with E-state index in [1.54, 1.807) is 6.20 Å². The molecule has 5 N–H and O–H groups in total. The Bertz CT molecular complexity index is 1170. The molecule has 10 heteroatoms. The van der Waals surface area contributed by atoms with Crippen molar-refractivity contribution in [2.24, 2.45) is 5.73 Å². The lowest BCUT2D eigenvalue weighted by molar-refractivity contribution is -0.150. The van der Waals surface area contributed by atoms with E-state index in [9.17, 15) is 19.2 Å². The first-order valence-corrected chi connectivity index (χ1v) is 11.9. The van der Waals surface area contributed by atoms with Gasteiger partial charge in [-0.15, -0.1) is 0 Å². The van der Waals surface area contributed by atoms with Crippen molar-refractivity contribution in [1.29, 1.82) is 0 Å². The number of imidazole rings is 1. The zero-order valence-corrected chi connectivity index (χ0v) is 20.6. The summed E-state index contributed by atoms with van der Waals surface area (Å²) in [5, 5.41) is 5.39. The van der Waals surface area contributed by atoms with E-state index in [1.165, 1.54) is 13.3 Å². The fourth-order valence-electron chi connectivity index (χ4n) is 3.74. The van der Waals surface area contributed by atoms with Crippen molar-refractivity contribution in [1.82, 2.24) is 20.6 Å². The van der Waals surface area contributed by atoms with Crippen LogP contribution in [0.15, 0.2) is 73.2 Å². The molecule has 0 fully saturated rings. The van der Waals surface area contributed by atoms with Gasteiger partial charge in [-0.25, -0.2) is 4.98 Å². The van der Waals surface area contributed by atoms with E-state index in [1.807, 2.05) is 60.7 Å². The van der Waals surface area contributed by atoms with Gasteiger partial charge in [0.25, 0.3) is 0 Å². The van der Waals surface area contributed by atoms with Crippen LogP contribution in [-0.2, 0) is 43.2 Å². The topological polar surface area (TPSA) is 156 Å². The van der Waals surface area contributed by atoms with Crippen molar-refractivity contribution in [3.8, 4) is 0 Å². The highest BCUT2D eigenvalue weighted by Gasteiger charge is 2.28. The third-order valence-electron chi connectivity index (χ3n) is 5.62. The number of H-pyrrole nitrogens is 1. The maximum absolute atomic E-state index is 13.2. The summed E-state index contributed by atoms with van der Waals surface area (Å²) in [6.45, 7) is 0.764. The number of nitrogens with zero attached hydrogens (tertiary/aromatic N) is 1. The number of nitrogens with one attached hydrogen (secondary N) is 3. The van der Waals surface area contributed by atoms with E-state index < -0.39 is 42.4 Å². The summed E-state index contributed by atoms with van der Waals surface area (Å²) >= 11 is 0. The molecule has 37 heavy (non-hydrogen) atoms. The van der Waals surface area contributed by atoms with Crippen molar-refractivity contribution in [2.75, 3.05) is 6.61 Å². The van der Waals surface area contributed by atoms with Gasteiger partial charge in [0.15, 0.2) is 12.4 Å². The average Bonchev–Trinajstić information content (AvgIpc) is 3.40. The second-order valence-corrected chi connectivity index (χ2v) is 8.66. The predicted molar refractivity (Wildman–Crippen MR) is 136 cm³/mol. The van der Waals surface area contributed by atoms with Crippen LogP contribution in [0.4, 0.5) is 0 Å². The molecule has 0 aliphatic carbocycles. The summed E-state index contributed by atoms with van der Waals surface area (Å²) in [5.74, 6) is -2.13. The minimum Gasteiger partial charge on any atom is -0.456 e. The van der Waals surface area contributed by atoms with Gasteiger partial charge in [0.1, 0.15) is 12.1 Å². The molecular formula is C27H31N5O5. The number of hydrogen-bond acceptors (Lipinski definition) is 7. The number of esters is 1. The van der Waals surface area contributed by atoms with Crippen molar-refractivity contribution >= 4 is 23.6 Å². The SMILES string of the molecule is CC(=O)N[C@@H](Cc1ccccc1)C(=O)N[C@@H](Cc1ccccc1)C(=O)COC(=O)[C@@H](N)Cc1cnc[nH]1. The highest BCUT2D eigenvalue weighted by molar-refractivity contribution is 5.94. The molecule has 0 aliphatic heterocycles. The number of Topliss-reactive ketones (excluding diaryl/α,β-unsaturated/α-hetero) is 1. The summed E-state index contributed by atoms with van der Waals surface area (Å²) in [4.78, 5) is 57.1. The van der Waals surface area contributed by atoms with Crippen LogP contribution in [-0.4, -0.2) is 58.3 Å². The Labute approximate surface area is 215 Å². The Morgan fingerprint density at radius 3 is 2.03 bits per heavy atom. The number of rotatable bonds is 13. The number of carbonyl (C=O) groups excluding carboxylic acids is 4. The van der Waals surface area contributed by atoms with E-state index in [0.29, 0.717) is 5.69 Å². The molecule has 0 unspecified atom stereocenters. The number of hydrogen-bond donors (Lipinski definition) is 4. The average molecular weight is 506 g/mol. The molecule has 2 amide bonds. The molecule has 0 saturated carbocycles. The maximum Gasteiger partial charge on any atom is 0.323 e. The van der Waals surface area contributed by atoms with E-state index in [4.69, 9.17) is 10.5 Å². The van der Waals surface area contributed by atoms with Crippen LogP contribution < -0.4 is 16.4 Å². The lowest BCUT2D eigenvalue weighted by atomic mass is 10.0. The van der Waals surface area contributed by atoms with E-state index in [-0.39, 0.29) is 25.2 Å². The van der Waals surface area contributed by atoms with Crippen LogP contribution in [0.2, 0.25) is 0 Å². The Morgan fingerprint density at radius 1 is 0.892 bits per heavy atom. The van der Waals surface area contributed by atoms with Crippen LogP contribution in [0.1, 0.15) is 23.7 Å². The first-order chi connectivity index (χ1) is 17.8. The van der Waals surface area contributed by atoms with Gasteiger partial charge >= 0.3 is 5.97 Å². The predicted octanol–water partition coefficient (Wildman–Crippen LogP) is 0.867. The van der Waals surface area contributed by atoms with Crippen LogP contribution in [0.25, 0.3) is 0 Å². The third-order valence-corrected chi connectivity index (χ3v) is 5.62. The van der Waals surface area contributed by atoms with Gasteiger partial charge in [0, 0.05) is 31.7 Å². The molecule has 2 aromatic carbocycles. The van der Waals surface area contributed by atoms with Crippen molar-refractivity contribution in [3.63, 3.8) is 0 Å². The van der Waals surface area contributed by atoms with Crippen LogP contribution in [0, 0.1) is 0 Å². The van der Waals surface area contributed by atoms with E-state index in [0.717, 1.165) is 11.1 Å². The monoisotopic (exact) mass is 505 g/mol. The fourth-order valence-corrected chi connectivity index (χ4v) is 3.74. The lowest BCUT2D eigenvalue weighted by Crippen LogP contribution is -2.53. The van der Waals surface area contributed by atoms with Gasteiger partial charge in [-0.1, -0.05) is 60.7 Å². The van der Waals surface area contributed by atoms with Gasteiger partial charge in [-0.3, -0.25) is 19.2 Å². The number of nitrogens with two attached hydrogens (primary N) is 1. The number of ketones is 1. The number of aromatic nitrogens is 2. The van der Waals surface area contributed by atoms with Gasteiger partial charge in [-0.05, 0) is 17.5 Å². The molecule has 1 aromatic heterocycles. The molecule has 1 heterocycles. The smallest absolute Gasteiger partial charge is 0.323 e. The zero-order valence-electron chi connectivity index (χ0n) is 20.6. The summed E-state index contributed by atoms with van der Waals surface area (Å²) in [6, 6.07) is 15.5.